The second-order valence-electron chi connectivity index (χ2n) is 0.924. The molecule has 0 bridgehead atoms. The van der Waals surface area contributed by atoms with Gasteiger partial charge in [0.25, 0.3) is 0 Å². The molecule has 0 atom stereocenters. The number of hydrogen-bond acceptors (Lipinski definition) is 4. The Morgan fingerprint density at radius 1 is 0.900 bits per heavy atom. The molecule has 10 heavy (non-hydrogen) atoms. The Hall–Kier alpha value is 0.963. The summed E-state index contributed by atoms with van der Waals surface area (Å²) in [6, 6.07) is 0. The summed E-state index contributed by atoms with van der Waals surface area (Å²) in [5, 5.41) is 0. The van der Waals surface area contributed by atoms with Crippen molar-refractivity contribution < 1.29 is 45.4 Å². The predicted molar refractivity (Wildman–Crippen MR) is 28.9 cm³/mol. The van der Waals surface area contributed by atoms with Gasteiger partial charge in [0.05, 0.1) is 0 Å². The van der Waals surface area contributed by atoms with E-state index in [4.69, 9.17) is 9.11 Å². The molecule has 6 nitrogen and oxygen atoms in total. The van der Waals surface area contributed by atoms with Gasteiger partial charge in [-0.2, -0.15) is 0 Å². The summed E-state index contributed by atoms with van der Waals surface area (Å²) in [4.78, 5) is 0. The molecule has 0 unspecified atom stereocenters. The summed E-state index contributed by atoms with van der Waals surface area (Å²) in [5.74, 6) is 0. The van der Waals surface area contributed by atoms with Crippen LogP contribution in [0, 0.1) is 0 Å². The van der Waals surface area contributed by atoms with Gasteiger partial charge in [-0.1, -0.05) is 0 Å². The summed E-state index contributed by atoms with van der Waals surface area (Å²) in [7, 11) is -9.11. The smallest absolute Gasteiger partial charge is 0 e. The van der Waals surface area contributed by atoms with Crippen molar-refractivity contribution >= 4 is 29.8 Å². The first-order valence-electron chi connectivity index (χ1n) is 1.37. The van der Waals surface area contributed by atoms with Crippen molar-refractivity contribution in [3.63, 3.8) is 0 Å². The molecule has 0 rings (SSSR count). The van der Waals surface area contributed by atoms with Gasteiger partial charge >= 0.3 is 55.7 Å². The van der Waals surface area contributed by atoms with E-state index in [1.807, 2.05) is 0 Å². The van der Waals surface area contributed by atoms with Crippen LogP contribution in [0.5, 0.6) is 0 Å². The van der Waals surface area contributed by atoms with E-state index in [0.717, 1.165) is 0 Å². The second-order valence-corrected chi connectivity index (χ2v) is 11.1. The molecule has 58 valence electrons. The van der Waals surface area contributed by atoms with E-state index in [9.17, 15) is 16.8 Å². The molecule has 0 aliphatic rings. The van der Waals surface area contributed by atoms with Gasteiger partial charge in [0.1, 0.15) is 0 Å². The predicted octanol–water partition coefficient (Wildman–Crippen LogP) is -1.71. The molecule has 0 radical (unpaired) electrons. The van der Waals surface area contributed by atoms with E-state index < -0.39 is 29.8 Å². The van der Waals surface area contributed by atoms with E-state index in [2.05, 4.69) is 0 Å². The third kappa shape index (κ3) is 11.7. The largest absolute Gasteiger partial charge is 0 e. The molecule has 0 aliphatic heterocycles. The first-order chi connectivity index (χ1) is 3.71. The molecular formula is H2O6S2SeZn. The van der Waals surface area contributed by atoms with E-state index in [0.29, 0.717) is 0 Å². The molecule has 10 heteroatoms. The van der Waals surface area contributed by atoms with Crippen LogP contribution in [-0.4, -0.2) is 38.7 Å². The van der Waals surface area contributed by atoms with Crippen LogP contribution in [0.1, 0.15) is 0 Å². The Morgan fingerprint density at radius 2 is 1.10 bits per heavy atom. The molecule has 0 saturated carbocycles. The van der Waals surface area contributed by atoms with Crippen LogP contribution in [0.25, 0.3) is 0 Å². The summed E-state index contributed by atoms with van der Waals surface area (Å²) >= 11 is -2.19. The summed E-state index contributed by atoms with van der Waals surface area (Å²) in [6.45, 7) is 0. The molecule has 2 N–H and O–H groups in total. The van der Waals surface area contributed by atoms with Gasteiger partial charge in [-0.3, -0.25) is 0 Å². The Balaban J connectivity index is 0. The van der Waals surface area contributed by atoms with Gasteiger partial charge < -0.3 is 0 Å². The van der Waals surface area contributed by atoms with Crippen molar-refractivity contribution in [2.45, 2.75) is 0 Å². The zero-order chi connectivity index (χ0) is 7.71. The summed E-state index contributed by atoms with van der Waals surface area (Å²) in [5.41, 5.74) is 0. The van der Waals surface area contributed by atoms with Gasteiger partial charge in [-0.25, -0.2) is 0 Å². The van der Waals surface area contributed by atoms with E-state index in [1.54, 1.807) is 0 Å². The van der Waals surface area contributed by atoms with Gasteiger partial charge in [0, 0.05) is 19.5 Å². The Morgan fingerprint density at radius 3 is 1.10 bits per heavy atom. The molecule has 0 aromatic heterocycles. The Labute approximate surface area is 74.9 Å². The molecule has 0 amide bonds. The van der Waals surface area contributed by atoms with Gasteiger partial charge in [-0.15, -0.1) is 0 Å². The van der Waals surface area contributed by atoms with Crippen molar-refractivity contribution in [2.24, 2.45) is 0 Å². The third-order valence-corrected chi connectivity index (χ3v) is 8.04. The van der Waals surface area contributed by atoms with Crippen molar-refractivity contribution in [3.8, 4) is 0 Å². The minimum absolute atomic E-state index is 0. The monoisotopic (exact) mass is 306 g/mol. The molecule has 0 spiro atoms. The summed E-state index contributed by atoms with van der Waals surface area (Å²) < 4.78 is 54.4. The maximum atomic E-state index is 9.69. The Bertz CT molecular complexity index is 241. The first-order valence-corrected chi connectivity index (χ1v) is 8.29. The van der Waals surface area contributed by atoms with Crippen molar-refractivity contribution in [1.29, 1.82) is 0 Å². The molecular weight excluding hydrogens is 304 g/mol. The molecule has 0 aliphatic carbocycles. The quantitative estimate of drug-likeness (QED) is 0.465. The van der Waals surface area contributed by atoms with Crippen LogP contribution >= 0.6 is 0 Å². The minimum atomic E-state index is -4.56. The average Bonchev–Trinajstić information content (AvgIpc) is 1.14. The van der Waals surface area contributed by atoms with Crippen molar-refractivity contribution in [3.05, 3.63) is 0 Å². The Kier molecular flexibility index (Phi) is 5.56. The molecule has 0 fully saturated rings. The normalized spacial score (nSPS) is 12.2. The fraction of sp³-hybridized carbons (Fsp3) is 0. The van der Waals surface area contributed by atoms with Crippen LogP contribution in [-0.2, 0) is 36.6 Å². The van der Waals surface area contributed by atoms with Crippen molar-refractivity contribution in [2.75, 3.05) is 0 Å². The van der Waals surface area contributed by atoms with E-state index >= 15 is 0 Å². The van der Waals surface area contributed by atoms with Crippen molar-refractivity contribution in [1.82, 2.24) is 0 Å². The fourth-order valence-corrected chi connectivity index (χ4v) is 5.08. The molecule has 0 saturated heterocycles. The second kappa shape index (κ2) is 4.11. The van der Waals surface area contributed by atoms with Crippen LogP contribution < -0.4 is 0 Å². The topological polar surface area (TPSA) is 109 Å². The van der Waals surface area contributed by atoms with Gasteiger partial charge in [0.15, 0.2) is 0 Å². The summed E-state index contributed by atoms with van der Waals surface area (Å²) in [6.07, 6.45) is 0. The SMILES string of the molecule is O=S(=O)(O)[Se]S(=O)(=O)O.[Zn]. The van der Waals surface area contributed by atoms with E-state index in [1.165, 1.54) is 0 Å². The van der Waals surface area contributed by atoms with Crippen LogP contribution in [0.3, 0.4) is 0 Å². The molecule has 0 heterocycles. The average molecular weight is 306 g/mol. The van der Waals surface area contributed by atoms with Gasteiger partial charge in [-0.05, 0) is 0 Å². The number of hydrogen-bond donors (Lipinski definition) is 2. The maximum Gasteiger partial charge on any atom is 0 e. The van der Waals surface area contributed by atoms with E-state index in [-0.39, 0.29) is 19.5 Å². The van der Waals surface area contributed by atoms with Crippen LogP contribution in [0.4, 0.5) is 0 Å². The number of rotatable bonds is 2. The molecule has 0 aromatic carbocycles. The van der Waals surface area contributed by atoms with Crippen LogP contribution in [0.2, 0.25) is 0 Å². The fourth-order valence-electron chi connectivity index (χ4n) is 0.109. The van der Waals surface area contributed by atoms with Gasteiger partial charge in [0.2, 0.25) is 0 Å². The molecule has 0 aromatic rings. The van der Waals surface area contributed by atoms with Crippen LogP contribution in [0.15, 0.2) is 0 Å². The first kappa shape index (κ1) is 13.5. The zero-order valence-electron chi connectivity index (χ0n) is 4.46. The maximum absolute atomic E-state index is 9.69. The zero-order valence-corrected chi connectivity index (χ0v) is 10.8. The third-order valence-electron chi connectivity index (χ3n) is 0.172. The standard InChI is InChI=1S/H2O6S2Se.Zn/c1-7(2,3)9-8(4,5)6;/h(H,1,2,3)(H,4,5,6);. The minimum Gasteiger partial charge on any atom is 0 e.